The van der Waals surface area contributed by atoms with E-state index in [2.05, 4.69) is 35.0 Å². The molecule has 1 heterocycles. The molecular weight excluding hydrogens is 164 g/mol. The lowest BCUT2D eigenvalue weighted by molar-refractivity contribution is 0.305. The summed E-state index contributed by atoms with van der Waals surface area (Å²) >= 11 is 4.15. The fourth-order valence-corrected chi connectivity index (χ4v) is 2.08. The highest BCUT2D eigenvalue weighted by Crippen LogP contribution is 2.22. The van der Waals surface area contributed by atoms with Gasteiger partial charge in [0.25, 0.3) is 0 Å². The lowest BCUT2D eigenvalue weighted by Crippen LogP contribution is -2.29. The minimum absolute atomic E-state index is 0.736. The molecule has 2 nitrogen and oxygen atoms in total. The van der Waals surface area contributed by atoms with Gasteiger partial charge >= 0.3 is 0 Å². The van der Waals surface area contributed by atoms with Crippen LogP contribution in [0.25, 0.3) is 0 Å². The number of nitrogens with zero attached hydrogens (tertiary/aromatic N) is 2. The van der Waals surface area contributed by atoms with Crippen molar-refractivity contribution in [2.24, 2.45) is 0 Å². The predicted octanol–water partition coefficient (Wildman–Crippen LogP) is 1.12. The van der Waals surface area contributed by atoms with Crippen molar-refractivity contribution < 1.29 is 0 Å². The van der Waals surface area contributed by atoms with E-state index in [1.54, 1.807) is 11.0 Å². The zero-order chi connectivity index (χ0) is 7.56. The predicted molar refractivity (Wildman–Crippen MR) is 50.2 cm³/mol. The molecule has 1 rings (SSSR count). The average molecular weight is 178 g/mol. The molecule has 0 aromatic carbocycles. The van der Waals surface area contributed by atoms with Gasteiger partial charge in [-0.15, -0.1) is 0 Å². The molecule has 0 bridgehead atoms. The topological polar surface area (TPSA) is 6.48 Å². The SMILES string of the molecule is CN(C)C1CCN(SS)C1. The molecule has 10 heavy (non-hydrogen) atoms. The molecule has 0 spiro atoms. The van der Waals surface area contributed by atoms with Crippen LogP contribution in [0.15, 0.2) is 0 Å². The first-order chi connectivity index (χ1) is 4.74. The van der Waals surface area contributed by atoms with E-state index < -0.39 is 0 Å². The van der Waals surface area contributed by atoms with Gasteiger partial charge < -0.3 is 4.90 Å². The summed E-state index contributed by atoms with van der Waals surface area (Å²) in [6.07, 6.45) is 1.28. The van der Waals surface area contributed by atoms with Crippen molar-refractivity contribution in [2.45, 2.75) is 12.5 Å². The Bertz CT molecular complexity index is 108. The third-order valence-electron chi connectivity index (χ3n) is 1.97. The van der Waals surface area contributed by atoms with Crippen LogP contribution < -0.4 is 0 Å². The molecule has 0 aromatic heterocycles. The van der Waals surface area contributed by atoms with Crippen LogP contribution in [-0.2, 0) is 0 Å². The molecule has 1 unspecified atom stereocenters. The quantitative estimate of drug-likeness (QED) is 0.385. The Morgan fingerprint density at radius 1 is 1.60 bits per heavy atom. The second-order valence-corrected chi connectivity index (χ2v) is 4.05. The first-order valence-corrected chi connectivity index (χ1v) is 5.29. The van der Waals surface area contributed by atoms with Crippen molar-refractivity contribution in [2.75, 3.05) is 27.2 Å². The van der Waals surface area contributed by atoms with E-state index in [-0.39, 0.29) is 0 Å². The van der Waals surface area contributed by atoms with Gasteiger partial charge in [0.15, 0.2) is 0 Å². The number of likely N-dealkylation sites (N-methyl/N-ethyl adjacent to an activating group) is 1. The maximum absolute atomic E-state index is 4.15. The Labute approximate surface area is 71.9 Å². The van der Waals surface area contributed by atoms with E-state index in [1.807, 2.05) is 0 Å². The summed E-state index contributed by atoms with van der Waals surface area (Å²) in [6.45, 7) is 2.33. The van der Waals surface area contributed by atoms with Gasteiger partial charge in [-0.05, 0) is 31.5 Å². The largest absolute Gasteiger partial charge is 0.305 e. The van der Waals surface area contributed by atoms with Crippen molar-refractivity contribution in [3.05, 3.63) is 0 Å². The van der Waals surface area contributed by atoms with Crippen molar-refractivity contribution in [3.8, 4) is 0 Å². The minimum Gasteiger partial charge on any atom is -0.305 e. The summed E-state index contributed by atoms with van der Waals surface area (Å²) in [5, 5.41) is 0. The fourth-order valence-electron chi connectivity index (χ4n) is 1.21. The van der Waals surface area contributed by atoms with E-state index in [0.29, 0.717) is 0 Å². The lowest BCUT2D eigenvalue weighted by atomic mass is 10.2. The van der Waals surface area contributed by atoms with Gasteiger partial charge in [0.05, 0.1) is 0 Å². The summed E-state index contributed by atoms with van der Waals surface area (Å²) in [5.74, 6) is 0. The smallest absolute Gasteiger partial charge is 0.0254 e. The summed E-state index contributed by atoms with van der Waals surface area (Å²) in [7, 11) is 5.83. The van der Waals surface area contributed by atoms with Crippen LogP contribution in [0.2, 0.25) is 0 Å². The summed E-state index contributed by atoms with van der Waals surface area (Å²) in [6, 6.07) is 0.736. The third kappa shape index (κ3) is 2.05. The van der Waals surface area contributed by atoms with Crippen LogP contribution in [0.4, 0.5) is 0 Å². The molecule has 0 amide bonds. The van der Waals surface area contributed by atoms with Crippen LogP contribution in [0.5, 0.6) is 0 Å². The molecule has 1 fully saturated rings. The number of hydrogen-bond donors (Lipinski definition) is 1. The molecule has 0 aliphatic carbocycles. The van der Waals surface area contributed by atoms with Crippen molar-refractivity contribution in [3.63, 3.8) is 0 Å². The highest BCUT2D eigenvalue weighted by atomic mass is 33.1. The highest BCUT2D eigenvalue weighted by Gasteiger charge is 2.23. The summed E-state index contributed by atoms with van der Waals surface area (Å²) < 4.78 is 2.29. The van der Waals surface area contributed by atoms with Gasteiger partial charge in [0.1, 0.15) is 0 Å². The van der Waals surface area contributed by atoms with Gasteiger partial charge in [-0.3, -0.25) is 0 Å². The maximum Gasteiger partial charge on any atom is 0.0254 e. The monoisotopic (exact) mass is 178 g/mol. The number of hydrogen-bond acceptors (Lipinski definition) is 4. The molecule has 0 radical (unpaired) electrons. The number of thiol groups is 1. The Kier molecular flexibility index (Phi) is 3.36. The maximum atomic E-state index is 4.15. The highest BCUT2D eigenvalue weighted by molar-refractivity contribution is 8.67. The van der Waals surface area contributed by atoms with Crippen LogP contribution in [-0.4, -0.2) is 42.4 Å². The Balaban J connectivity index is 2.28. The second kappa shape index (κ2) is 3.85. The zero-order valence-corrected chi connectivity index (χ0v) is 8.16. The molecule has 0 aromatic rings. The van der Waals surface area contributed by atoms with Gasteiger partial charge in [0, 0.05) is 19.1 Å². The normalized spacial score (nSPS) is 28.2. The standard InChI is InChI=1S/C6H14N2S2/c1-7(2)6-3-4-8(5-6)10-9/h6,9H,3-5H2,1-2H3. The van der Waals surface area contributed by atoms with E-state index in [0.717, 1.165) is 12.6 Å². The van der Waals surface area contributed by atoms with E-state index in [1.165, 1.54) is 13.0 Å². The molecule has 1 aliphatic heterocycles. The first-order valence-electron chi connectivity index (χ1n) is 3.47. The van der Waals surface area contributed by atoms with Crippen molar-refractivity contribution in [1.82, 2.24) is 9.21 Å². The lowest BCUT2D eigenvalue weighted by Gasteiger charge is -2.18. The average Bonchev–Trinajstić information content (AvgIpc) is 2.34. The molecule has 60 valence electrons. The van der Waals surface area contributed by atoms with Gasteiger partial charge in [-0.2, -0.15) is 0 Å². The molecule has 0 N–H and O–H groups in total. The van der Waals surface area contributed by atoms with Crippen molar-refractivity contribution >= 4 is 22.6 Å². The van der Waals surface area contributed by atoms with E-state index in [4.69, 9.17) is 0 Å². The van der Waals surface area contributed by atoms with Gasteiger partial charge in [-0.1, -0.05) is 11.7 Å². The van der Waals surface area contributed by atoms with Crippen LogP contribution >= 0.6 is 22.6 Å². The molecule has 1 aliphatic rings. The Morgan fingerprint density at radius 2 is 2.30 bits per heavy atom. The Hall–Kier alpha value is 0.620. The molecular formula is C6H14N2S2. The molecule has 0 saturated carbocycles. The van der Waals surface area contributed by atoms with Gasteiger partial charge in [0.2, 0.25) is 0 Å². The van der Waals surface area contributed by atoms with Crippen LogP contribution in [0, 0.1) is 0 Å². The zero-order valence-electron chi connectivity index (χ0n) is 6.45. The Morgan fingerprint density at radius 3 is 2.60 bits per heavy atom. The van der Waals surface area contributed by atoms with E-state index in [9.17, 15) is 0 Å². The third-order valence-corrected chi connectivity index (χ3v) is 3.23. The fraction of sp³-hybridized carbons (Fsp3) is 1.00. The number of rotatable bonds is 2. The summed E-state index contributed by atoms with van der Waals surface area (Å²) in [5.41, 5.74) is 0. The second-order valence-electron chi connectivity index (χ2n) is 2.88. The molecule has 1 atom stereocenters. The van der Waals surface area contributed by atoms with E-state index >= 15 is 0 Å². The van der Waals surface area contributed by atoms with Crippen LogP contribution in [0.1, 0.15) is 6.42 Å². The van der Waals surface area contributed by atoms with Crippen molar-refractivity contribution in [1.29, 1.82) is 0 Å². The minimum atomic E-state index is 0.736. The van der Waals surface area contributed by atoms with Crippen LogP contribution in [0.3, 0.4) is 0 Å². The molecule has 4 heteroatoms. The molecule has 1 saturated heterocycles. The van der Waals surface area contributed by atoms with Gasteiger partial charge in [-0.25, -0.2) is 4.31 Å². The first kappa shape index (κ1) is 8.71. The summed E-state index contributed by atoms with van der Waals surface area (Å²) in [4.78, 5) is 2.28.